The quantitative estimate of drug-likeness (QED) is 0.874. The third-order valence-electron chi connectivity index (χ3n) is 2.46. The van der Waals surface area contributed by atoms with E-state index in [2.05, 4.69) is 15.5 Å². The van der Waals surface area contributed by atoms with Gasteiger partial charge in [0.25, 0.3) is 5.91 Å². The van der Waals surface area contributed by atoms with Crippen molar-refractivity contribution in [3.8, 4) is 0 Å². The molecule has 0 radical (unpaired) electrons. The molecule has 0 saturated carbocycles. The third kappa shape index (κ3) is 3.18. The Kier molecular flexibility index (Phi) is 4.41. The molecule has 1 amide bonds. The topological polar surface area (TPSA) is 81.2 Å². The molecule has 0 bridgehead atoms. The van der Waals surface area contributed by atoms with Crippen molar-refractivity contribution in [3.63, 3.8) is 0 Å². The molecule has 2 rings (SSSR count). The molecule has 6 nitrogen and oxygen atoms in total. The van der Waals surface area contributed by atoms with Crippen LogP contribution in [0.4, 0.5) is 5.00 Å². The average Bonchev–Trinajstić information content (AvgIpc) is 2.81. The van der Waals surface area contributed by atoms with Gasteiger partial charge in [-0.25, -0.2) is 4.79 Å². The Bertz CT molecular complexity index is 625. The maximum absolute atomic E-state index is 11.9. The number of esters is 1. The van der Waals surface area contributed by atoms with Gasteiger partial charge in [-0.3, -0.25) is 4.79 Å². The highest BCUT2D eigenvalue weighted by atomic mass is 32.1. The number of hydrogen-bond acceptors (Lipinski definition) is 6. The Morgan fingerprint density at radius 1 is 1.40 bits per heavy atom. The van der Waals surface area contributed by atoms with Crippen molar-refractivity contribution in [2.24, 2.45) is 0 Å². The smallest absolute Gasteiger partial charge is 0.348 e. The zero-order chi connectivity index (χ0) is 14.5. The van der Waals surface area contributed by atoms with Crippen molar-refractivity contribution in [1.29, 1.82) is 0 Å². The van der Waals surface area contributed by atoms with Crippen molar-refractivity contribution in [2.75, 3.05) is 11.9 Å². The number of aryl methyl sites for hydroxylation is 1. The molecule has 0 atom stereocenters. The third-order valence-corrected chi connectivity index (χ3v) is 3.59. The minimum Gasteiger partial charge on any atom is -0.462 e. The van der Waals surface area contributed by atoms with Gasteiger partial charge in [-0.05, 0) is 31.5 Å². The van der Waals surface area contributed by atoms with Crippen LogP contribution in [0.5, 0.6) is 0 Å². The van der Waals surface area contributed by atoms with Gasteiger partial charge in [0, 0.05) is 0 Å². The molecule has 2 aromatic rings. The summed E-state index contributed by atoms with van der Waals surface area (Å²) in [6.07, 6.45) is 2.82. The fourth-order valence-corrected chi connectivity index (χ4v) is 2.51. The van der Waals surface area contributed by atoms with E-state index in [9.17, 15) is 9.59 Å². The molecule has 104 valence electrons. The first-order valence-electron chi connectivity index (χ1n) is 5.97. The number of amides is 1. The standard InChI is InChI=1S/C13H13N3O3S/c1-3-19-13(18)11-8(2)6-10(20-11)16-12(17)9-4-5-14-15-7-9/h4-7H,3H2,1-2H3,(H,16,17). The van der Waals surface area contributed by atoms with E-state index in [1.165, 1.54) is 23.7 Å². The minimum absolute atomic E-state index is 0.295. The van der Waals surface area contributed by atoms with Crippen LogP contribution in [0.2, 0.25) is 0 Å². The second-order valence-corrected chi connectivity index (χ2v) is 4.98. The van der Waals surface area contributed by atoms with Gasteiger partial charge in [-0.15, -0.1) is 11.3 Å². The van der Waals surface area contributed by atoms with Gasteiger partial charge in [0.05, 0.1) is 29.6 Å². The van der Waals surface area contributed by atoms with Crippen molar-refractivity contribution in [2.45, 2.75) is 13.8 Å². The molecule has 0 aliphatic carbocycles. The first-order valence-corrected chi connectivity index (χ1v) is 6.79. The summed E-state index contributed by atoms with van der Waals surface area (Å²) in [4.78, 5) is 24.1. The fourth-order valence-electron chi connectivity index (χ4n) is 1.55. The summed E-state index contributed by atoms with van der Waals surface area (Å²) in [6, 6.07) is 3.30. The number of nitrogens with one attached hydrogen (secondary N) is 1. The van der Waals surface area contributed by atoms with E-state index in [0.717, 1.165) is 5.56 Å². The highest BCUT2D eigenvalue weighted by Gasteiger charge is 2.16. The molecule has 7 heteroatoms. The average molecular weight is 291 g/mol. The monoisotopic (exact) mass is 291 g/mol. The predicted octanol–water partition coefficient (Wildman–Crippen LogP) is 2.28. The Labute approximate surface area is 119 Å². The van der Waals surface area contributed by atoms with Gasteiger partial charge in [-0.2, -0.15) is 10.2 Å². The van der Waals surface area contributed by atoms with Crippen LogP contribution < -0.4 is 5.32 Å². The maximum atomic E-state index is 11.9. The predicted molar refractivity (Wildman–Crippen MR) is 75.0 cm³/mol. The molecule has 2 heterocycles. The lowest BCUT2D eigenvalue weighted by atomic mass is 10.3. The molecule has 0 aliphatic heterocycles. The highest BCUT2D eigenvalue weighted by molar-refractivity contribution is 7.18. The number of rotatable bonds is 4. The minimum atomic E-state index is -0.374. The van der Waals surface area contributed by atoms with Gasteiger partial charge in [0.2, 0.25) is 0 Å². The van der Waals surface area contributed by atoms with Crippen LogP contribution in [-0.2, 0) is 4.74 Å². The summed E-state index contributed by atoms with van der Waals surface area (Å²) in [5.41, 5.74) is 1.18. The van der Waals surface area contributed by atoms with Crippen LogP contribution in [0.25, 0.3) is 0 Å². The van der Waals surface area contributed by atoms with Gasteiger partial charge in [0.15, 0.2) is 0 Å². The van der Waals surface area contributed by atoms with Crippen LogP contribution in [0, 0.1) is 6.92 Å². The van der Waals surface area contributed by atoms with Crippen molar-refractivity contribution < 1.29 is 14.3 Å². The van der Waals surface area contributed by atoms with Gasteiger partial charge in [0.1, 0.15) is 4.88 Å². The van der Waals surface area contributed by atoms with E-state index >= 15 is 0 Å². The molecule has 0 saturated heterocycles. The van der Waals surface area contributed by atoms with Crippen molar-refractivity contribution in [3.05, 3.63) is 40.5 Å². The molecule has 2 aromatic heterocycles. The molecular weight excluding hydrogens is 278 g/mol. The zero-order valence-electron chi connectivity index (χ0n) is 11.0. The molecule has 0 aliphatic rings. The van der Waals surface area contributed by atoms with Crippen LogP contribution in [0.3, 0.4) is 0 Å². The molecule has 0 fully saturated rings. The van der Waals surface area contributed by atoms with Crippen LogP contribution >= 0.6 is 11.3 Å². The van der Waals surface area contributed by atoms with Gasteiger partial charge < -0.3 is 10.1 Å². The van der Waals surface area contributed by atoms with Crippen molar-refractivity contribution in [1.82, 2.24) is 10.2 Å². The van der Waals surface area contributed by atoms with Crippen LogP contribution in [0.1, 0.15) is 32.5 Å². The van der Waals surface area contributed by atoms with Gasteiger partial charge >= 0.3 is 5.97 Å². The number of nitrogens with zero attached hydrogens (tertiary/aromatic N) is 2. The van der Waals surface area contributed by atoms with E-state index in [0.29, 0.717) is 22.0 Å². The Morgan fingerprint density at radius 3 is 2.85 bits per heavy atom. The number of ether oxygens (including phenoxy) is 1. The van der Waals surface area contributed by atoms with Crippen LogP contribution in [0.15, 0.2) is 24.5 Å². The Hall–Kier alpha value is -2.28. The number of carbonyl (C=O) groups is 2. The first-order chi connectivity index (χ1) is 9.61. The summed E-state index contributed by atoms with van der Waals surface area (Å²) in [7, 11) is 0. The fraction of sp³-hybridized carbons (Fsp3) is 0.231. The molecular formula is C13H13N3O3S. The van der Waals surface area contributed by atoms with E-state index in [1.807, 2.05) is 0 Å². The normalized spacial score (nSPS) is 10.1. The number of anilines is 1. The molecule has 0 unspecified atom stereocenters. The second-order valence-electron chi connectivity index (χ2n) is 3.93. The summed E-state index contributed by atoms with van der Waals surface area (Å²) in [5.74, 6) is -0.669. The van der Waals surface area contributed by atoms with E-state index in [4.69, 9.17) is 4.74 Å². The van der Waals surface area contributed by atoms with E-state index < -0.39 is 0 Å². The summed E-state index contributed by atoms with van der Waals surface area (Å²) >= 11 is 1.19. The lowest BCUT2D eigenvalue weighted by Gasteiger charge is -2.01. The van der Waals surface area contributed by atoms with E-state index in [1.54, 1.807) is 26.0 Å². The summed E-state index contributed by atoms with van der Waals surface area (Å²) < 4.78 is 4.95. The summed E-state index contributed by atoms with van der Waals surface area (Å²) in [5, 5.41) is 10.6. The highest BCUT2D eigenvalue weighted by Crippen LogP contribution is 2.27. The molecule has 0 aromatic carbocycles. The maximum Gasteiger partial charge on any atom is 0.348 e. The SMILES string of the molecule is CCOC(=O)c1sc(NC(=O)c2ccnnc2)cc1C. The molecule has 1 N–H and O–H groups in total. The number of aromatic nitrogens is 2. The second kappa shape index (κ2) is 6.25. The zero-order valence-corrected chi connectivity index (χ0v) is 11.9. The van der Waals surface area contributed by atoms with Crippen molar-refractivity contribution >= 4 is 28.2 Å². The Morgan fingerprint density at radius 2 is 2.20 bits per heavy atom. The number of thiophene rings is 1. The molecule has 20 heavy (non-hydrogen) atoms. The summed E-state index contributed by atoms with van der Waals surface area (Å²) in [6.45, 7) is 3.87. The Balaban J connectivity index is 2.13. The number of carbonyl (C=O) groups excluding carboxylic acids is 2. The molecule has 0 spiro atoms. The lowest BCUT2D eigenvalue weighted by molar-refractivity contribution is 0.0531. The largest absolute Gasteiger partial charge is 0.462 e. The van der Waals surface area contributed by atoms with Crippen LogP contribution in [-0.4, -0.2) is 28.7 Å². The van der Waals surface area contributed by atoms with E-state index in [-0.39, 0.29) is 11.9 Å². The first kappa shape index (κ1) is 14.1. The lowest BCUT2D eigenvalue weighted by Crippen LogP contribution is -2.11. The van der Waals surface area contributed by atoms with Gasteiger partial charge in [-0.1, -0.05) is 0 Å². The number of hydrogen-bond donors (Lipinski definition) is 1.